The molecule has 110 valence electrons. The second kappa shape index (κ2) is 5.17. The predicted octanol–water partition coefficient (Wildman–Crippen LogP) is 2.97. The van der Waals surface area contributed by atoms with Crippen LogP contribution in [-0.2, 0) is 4.79 Å². The Bertz CT molecular complexity index is 600. The van der Waals surface area contributed by atoms with Gasteiger partial charge in [0.1, 0.15) is 5.76 Å². The van der Waals surface area contributed by atoms with Gasteiger partial charge in [0.25, 0.3) is 0 Å². The average Bonchev–Trinajstić information content (AvgIpc) is 2.95. The van der Waals surface area contributed by atoms with E-state index in [2.05, 4.69) is 10.3 Å². The fraction of sp³-hybridized carbons (Fsp3) is 0.529. The van der Waals surface area contributed by atoms with E-state index in [0.717, 1.165) is 36.3 Å². The van der Waals surface area contributed by atoms with Gasteiger partial charge >= 0.3 is 0 Å². The largest absolute Gasteiger partial charge is 0.469 e. The van der Waals surface area contributed by atoms with Crippen molar-refractivity contribution in [2.45, 2.75) is 56.5 Å². The summed E-state index contributed by atoms with van der Waals surface area (Å²) in [6, 6.07) is 4.59. The number of carbonyl (C=O) groups excluding carboxylic acids is 1. The van der Waals surface area contributed by atoms with E-state index in [0.29, 0.717) is 18.5 Å². The molecule has 4 rings (SSSR count). The van der Waals surface area contributed by atoms with Crippen LogP contribution in [-0.4, -0.2) is 24.1 Å². The van der Waals surface area contributed by atoms with Crippen molar-refractivity contribution in [3.63, 3.8) is 0 Å². The maximum absolute atomic E-state index is 12.5. The third-order valence-electron chi connectivity index (χ3n) is 4.94. The van der Waals surface area contributed by atoms with Gasteiger partial charge in [0, 0.05) is 30.3 Å². The van der Waals surface area contributed by atoms with Crippen LogP contribution in [0, 0.1) is 0 Å². The van der Waals surface area contributed by atoms with Crippen LogP contribution in [0.2, 0.25) is 0 Å². The smallest absolute Gasteiger partial charge is 0.166 e. The zero-order chi connectivity index (χ0) is 14.2. The second-order valence-electron chi connectivity index (χ2n) is 6.32. The van der Waals surface area contributed by atoms with Gasteiger partial charge in [0.2, 0.25) is 0 Å². The molecule has 1 N–H and O–H groups in total. The molecule has 0 spiro atoms. The fourth-order valence-corrected chi connectivity index (χ4v) is 3.79. The molecular weight excluding hydrogens is 264 g/mol. The number of nitrogens with one attached hydrogen (secondary N) is 1. The Hall–Kier alpha value is -1.84. The highest BCUT2D eigenvalue weighted by molar-refractivity contribution is 6.15. The first-order chi connectivity index (χ1) is 10.3. The maximum atomic E-state index is 12.5. The number of allylic oxidation sites excluding steroid dienone is 2. The standard InChI is InChI=1S/C17H20N2O2/c20-16-9-11(17-6-3-7-21-17)8-15-12(16)10-18-13-4-1-2-5-14(13)19-15/h3,6-7,10-11,13-14,19H,1-2,4-5,8-9H2/t11-,13-,14+/m1/s1. The first-order valence-corrected chi connectivity index (χ1v) is 7.91. The Morgan fingerprint density at radius 3 is 3.00 bits per heavy atom. The molecule has 1 fully saturated rings. The van der Waals surface area contributed by atoms with Gasteiger partial charge in [0.15, 0.2) is 5.78 Å². The third-order valence-corrected chi connectivity index (χ3v) is 4.94. The van der Waals surface area contributed by atoms with Crippen LogP contribution in [0.3, 0.4) is 0 Å². The predicted molar refractivity (Wildman–Crippen MR) is 80.4 cm³/mol. The Labute approximate surface area is 124 Å². The molecule has 1 aromatic rings. The molecule has 0 unspecified atom stereocenters. The van der Waals surface area contributed by atoms with Crippen molar-refractivity contribution in [1.29, 1.82) is 0 Å². The number of fused-ring (bicyclic) bond motifs is 1. The second-order valence-corrected chi connectivity index (χ2v) is 6.32. The number of hydrogen-bond acceptors (Lipinski definition) is 4. The van der Waals surface area contributed by atoms with Gasteiger partial charge in [-0.3, -0.25) is 9.79 Å². The van der Waals surface area contributed by atoms with E-state index in [1.54, 1.807) is 6.26 Å². The first-order valence-electron chi connectivity index (χ1n) is 7.91. The molecule has 2 heterocycles. The highest BCUT2D eigenvalue weighted by Gasteiger charge is 2.34. The highest BCUT2D eigenvalue weighted by atomic mass is 16.3. The Morgan fingerprint density at radius 1 is 1.24 bits per heavy atom. The Morgan fingerprint density at radius 2 is 2.14 bits per heavy atom. The summed E-state index contributed by atoms with van der Waals surface area (Å²) in [5.41, 5.74) is 1.87. The maximum Gasteiger partial charge on any atom is 0.166 e. The van der Waals surface area contributed by atoms with Gasteiger partial charge in [-0.2, -0.15) is 0 Å². The van der Waals surface area contributed by atoms with Crippen LogP contribution in [0.25, 0.3) is 0 Å². The molecule has 4 heteroatoms. The van der Waals surface area contributed by atoms with E-state index in [1.807, 2.05) is 18.3 Å². The van der Waals surface area contributed by atoms with Crippen LogP contribution >= 0.6 is 0 Å². The molecule has 0 bridgehead atoms. The summed E-state index contributed by atoms with van der Waals surface area (Å²) >= 11 is 0. The third kappa shape index (κ3) is 2.33. The summed E-state index contributed by atoms with van der Waals surface area (Å²) in [6.07, 6.45) is 9.67. The SMILES string of the molecule is O=C1C[C@H](c2ccco2)CC2=C1C=N[C@@H]1CCCC[C@@H]1N2. The monoisotopic (exact) mass is 284 g/mol. The number of rotatable bonds is 1. The van der Waals surface area contributed by atoms with Crippen molar-refractivity contribution in [2.75, 3.05) is 0 Å². The van der Waals surface area contributed by atoms with Crippen molar-refractivity contribution in [3.05, 3.63) is 35.4 Å². The molecule has 3 aliphatic rings. The van der Waals surface area contributed by atoms with Crippen molar-refractivity contribution >= 4 is 12.0 Å². The molecule has 21 heavy (non-hydrogen) atoms. The lowest BCUT2D eigenvalue weighted by atomic mass is 9.84. The lowest BCUT2D eigenvalue weighted by Crippen LogP contribution is -2.41. The zero-order valence-electron chi connectivity index (χ0n) is 12.0. The van der Waals surface area contributed by atoms with Crippen LogP contribution in [0.4, 0.5) is 0 Å². The number of Topliss-reactive ketones (excluding diaryl/α,β-unsaturated/α-hetero) is 1. The molecular formula is C17H20N2O2. The molecule has 0 radical (unpaired) electrons. The van der Waals surface area contributed by atoms with Crippen LogP contribution < -0.4 is 5.32 Å². The number of hydrogen-bond donors (Lipinski definition) is 1. The Kier molecular flexibility index (Phi) is 3.17. The molecule has 1 aromatic heterocycles. The van der Waals surface area contributed by atoms with Gasteiger partial charge in [0.05, 0.1) is 17.9 Å². The highest BCUT2D eigenvalue weighted by Crippen LogP contribution is 2.35. The quantitative estimate of drug-likeness (QED) is 0.862. The molecule has 1 saturated carbocycles. The summed E-state index contributed by atoms with van der Waals surface area (Å²) in [5.74, 6) is 1.26. The average molecular weight is 284 g/mol. The first kappa shape index (κ1) is 12.9. The minimum Gasteiger partial charge on any atom is -0.469 e. The van der Waals surface area contributed by atoms with E-state index >= 15 is 0 Å². The van der Waals surface area contributed by atoms with Crippen molar-refractivity contribution in [2.24, 2.45) is 4.99 Å². The molecule has 3 atom stereocenters. The summed E-state index contributed by atoms with van der Waals surface area (Å²) in [6.45, 7) is 0. The number of aliphatic imine (C=N–C) groups is 1. The van der Waals surface area contributed by atoms with Crippen LogP contribution in [0.1, 0.15) is 50.2 Å². The molecule has 0 amide bonds. The molecule has 4 nitrogen and oxygen atoms in total. The molecule has 1 aliphatic heterocycles. The number of carbonyl (C=O) groups is 1. The van der Waals surface area contributed by atoms with E-state index in [9.17, 15) is 4.79 Å². The minimum atomic E-state index is 0.160. The molecule has 0 aromatic carbocycles. The van der Waals surface area contributed by atoms with E-state index in [4.69, 9.17) is 4.42 Å². The van der Waals surface area contributed by atoms with Gasteiger partial charge in [-0.1, -0.05) is 12.8 Å². The fourth-order valence-electron chi connectivity index (χ4n) is 3.79. The summed E-state index contributed by atoms with van der Waals surface area (Å²) in [4.78, 5) is 17.1. The van der Waals surface area contributed by atoms with E-state index < -0.39 is 0 Å². The number of nitrogens with zero attached hydrogens (tertiary/aromatic N) is 1. The minimum absolute atomic E-state index is 0.160. The topological polar surface area (TPSA) is 54.6 Å². The van der Waals surface area contributed by atoms with Crippen molar-refractivity contribution in [1.82, 2.24) is 5.32 Å². The summed E-state index contributed by atoms with van der Waals surface area (Å²) < 4.78 is 5.50. The van der Waals surface area contributed by atoms with Crippen LogP contribution in [0.15, 0.2) is 39.1 Å². The summed E-state index contributed by atoms with van der Waals surface area (Å²) in [5, 5.41) is 3.63. The number of ketones is 1. The summed E-state index contributed by atoms with van der Waals surface area (Å²) in [7, 11) is 0. The van der Waals surface area contributed by atoms with E-state index in [1.165, 1.54) is 12.8 Å². The normalized spacial score (nSPS) is 32.2. The van der Waals surface area contributed by atoms with Gasteiger partial charge in [-0.15, -0.1) is 0 Å². The molecule has 0 saturated heterocycles. The van der Waals surface area contributed by atoms with Crippen molar-refractivity contribution < 1.29 is 9.21 Å². The van der Waals surface area contributed by atoms with Crippen molar-refractivity contribution in [3.8, 4) is 0 Å². The zero-order valence-corrected chi connectivity index (χ0v) is 12.0. The van der Waals surface area contributed by atoms with Gasteiger partial charge in [-0.25, -0.2) is 0 Å². The lowest BCUT2D eigenvalue weighted by molar-refractivity contribution is -0.116. The molecule has 2 aliphatic carbocycles. The van der Waals surface area contributed by atoms with E-state index in [-0.39, 0.29) is 11.7 Å². The lowest BCUT2D eigenvalue weighted by Gasteiger charge is -2.31. The van der Waals surface area contributed by atoms with Gasteiger partial charge < -0.3 is 9.73 Å². The Balaban J connectivity index is 1.63. The van der Waals surface area contributed by atoms with Crippen LogP contribution in [0.5, 0.6) is 0 Å². The van der Waals surface area contributed by atoms with Gasteiger partial charge in [-0.05, 0) is 31.4 Å². The number of furan rings is 1.